The lowest BCUT2D eigenvalue weighted by molar-refractivity contribution is 0.198. The third-order valence-corrected chi connectivity index (χ3v) is 2.28. The van der Waals surface area contributed by atoms with Crippen LogP contribution in [0.3, 0.4) is 0 Å². The summed E-state index contributed by atoms with van der Waals surface area (Å²) in [5.41, 5.74) is 1.30. The van der Waals surface area contributed by atoms with Crippen LogP contribution in [0.1, 0.15) is 12.5 Å². The maximum absolute atomic E-state index is 4.97. The maximum atomic E-state index is 4.97. The molecule has 1 aromatic heterocycles. The molecule has 3 heteroatoms. The van der Waals surface area contributed by atoms with Crippen molar-refractivity contribution in [3.8, 4) is 0 Å². The van der Waals surface area contributed by atoms with E-state index in [0.29, 0.717) is 5.92 Å². The molecule has 84 valence electrons. The van der Waals surface area contributed by atoms with E-state index in [1.807, 2.05) is 18.5 Å². The number of ether oxygens (including phenoxy) is 1. The number of hydrogen-bond acceptors (Lipinski definition) is 3. The summed E-state index contributed by atoms with van der Waals surface area (Å²) in [5, 5.41) is 3.36. The fraction of sp³-hybridized carbons (Fsp3) is 0.583. The highest BCUT2D eigenvalue weighted by atomic mass is 16.5. The van der Waals surface area contributed by atoms with Crippen LogP contribution in [0.15, 0.2) is 24.5 Å². The van der Waals surface area contributed by atoms with Crippen LogP contribution >= 0.6 is 0 Å². The minimum atomic E-state index is 0.631. The van der Waals surface area contributed by atoms with Gasteiger partial charge in [0, 0.05) is 26.0 Å². The third kappa shape index (κ3) is 5.50. The Kier molecular flexibility index (Phi) is 5.97. The van der Waals surface area contributed by atoms with E-state index < -0.39 is 0 Å². The maximum Gasteiger partial charge on any atom is 0.0587 e. The molecule has 0 amide bonds. The first-order valence-corrected chi connectivity index (χ1v) is 5.41. The van der Waals surface area contributed by atoms with Crippen molar-refractivity contribution in [3.63, 3.8) is 0 Å². The van der Waals surface area contributed by atoms with E-state index >= 15 is 0 Å². The Labute approximate surface area is 91.9 Å². The number of methoxy groups -OCH3 is 1. The monoisotopic (exact) mass is 208 g/mol. The first-order chi connectivity index (χ1) is 7.33. The number of nitrogens with zero attached hydrogens (tertiary/aromatic N) is 1. The van der Waals surface area contributed by atoms with Gasteiger partial charge < -0.3 is 10.1 Å². The van der Waals surface area contributed by atoms with Crippen molar-refractivity contribution in [1.82, 2.24) is 10.3 Å². The van der Waals surface area contributed by atoms with E-state index in [-0.39, 0.29) is 0 Å². The van der Waals surface area contributed by atoms with Gasteiger partial charge in [0.2, 0.25) is 0 Å². The molecule has 0 saturated carbocycles. The Morgan fingerprint density at radius 2 is 2.40 bits per heavy atom. The van der Waals surface area contributed by atoms with E-state index in [2.05, 4.69) is 23.3 Å². The summed E-state index contributed by atoms with van der Waals surface area (Å²) >= 11 is 0. The Bertz CT molecular complexity index is 251. The molecule has 1 rings (SSSR count). The SMILES string of the molecule is COCCNCC(C)Cc1cccnc1. The minimum absolute atomic E-state index is 0.631. The van der Waals surface area contributed by atoms with Gasteiger partial charge in [-0.3, -0.25) is 4.98 Å². The molecule has 0 radical (unpaired) electrons. The molecule has 0 bridgehead atoms. The van der Waals surface area contributed by atoms with Crippen LogP contribution in [-0.4, -0.2) is 31.8 Å². The second-order valence-electron chi connectivity index (χ2n) is 3.87. The van der Waals surface area contributed by atoms with E-state index in [0.717, 1.165) is 26.1 Å². The molecular formula is C12H20N2O. The Morgan fingerprint density at radius 3 is 3.07 bits per heavy atom. The molecule has 1 N–H and O–H groups in total. The van der Waals surface area contributed by atoms with E-state index in [1.54, 1.807) is 7.11 Å². The van der Waals surface area contributed by atoms with Crippen LogP contribution in [0, 0.1) is 5.92 Å². The molecular weight excluding hydrogens is 188 g/mol. The molecule has 0 fully saturated rings. The topological polar surface area (TPSA) is 34.1 Å². The van der Waals surface area contributed by atoms with Gasteiger partial charge in [-0.2, -0.15) is 0 Å². The number of aromatic nitrogens is 1. The van der Waals surface area contributed by atoms with E-state index in [4.69, 9.17) is 4.74 Å². The molecule has 0 saturated heterocycles. The van der Waals surface area contributed by atoms with Gasteiger partial charge in [-0.1, -0.05) is 13.0 Å². The lowest BCUT2D eigenvalue weighted by Gasteiger charge is -2.12. The molecule has 0 spiro atoms. The zero-order valence-corrected chi connectivity index (χ0v) is 9.57. The smallest absolute Gasteiger partial charge is 0.0587 e. The normalized spacial score (nSPS) is 12.7. The standard InChI is InChI=1S/C12H20N2O/c1-11(9-14-6-7-15-2)8-12-4-3-5-13-10-12/h3-5,10-11,14H,6-9H2,1-2H3. The molecule has 3 nitrogen and oxygen atoms in total. The van der Waals surface area contributed by atoms with Crippen LogP contribution in [0.5, 0.6) is 0 Å². The molecule has 0 aromatic carbocycles. The van der Waals surface area contributed by atoms with Crippen molar-refractivity contribution in [1.29, 1.82) is 0 Å². The van der Waals surface area contributed by atoms with Crippen molar-refractivity contribution in [2.75, 3.05) is 26.8 Å². The van der Waals surface area contributed by atoms with Crippen molar-refractivity contribution in [2.24, 2.45) is 5.92 Å². The first kappa shape index (κ1) is 12.1. The number of rotatable bonds is 7. The highest BCUT2D eigenvalue weighted by Crippen LogP contribution is 2.05. The molecule has 1 heterocycles. The molecule has 0 aliphatic rings. The summed E-state index contributed by atoms with van der Waals surface area (Å²) in [6.45, 7) is 4.97. The lowest BCUT2D eigenvalue weighted by Crippen LogP contribution is -2.25. The number of pyridine rings is 1. The summed E-state index contributed by atoms with van der Waals surface area (Å²) in [6.07, 6.45) is 4.82. The summed E-state index contributed by atoms with van der Waals surface area (Å²) < 4.78 is 4.97. The highest BCUT2D eigenvalue weighted by molar-refractivity contribution is 5.08. The second-order valence-corrected chi connectivity index (χ2v) is 3.87. The predicted molar refractivity (Wildman–Crippen MR) is 61.9 cm³/mol. The van der Waals surface area contributed by atoms with Gasteiger partial charge in [0.25, 0.3) is 0 Å². The first-order valence-electron chi connectivity index (χ1n) is 5.41. The van der Waals surface area contributed by atoms with Gasteiger partial charge in [-0.05, 0) is 30.5 Å². The average Bonchev–Trinajstić information content (AvgIpc) is 2.26. The summed E-state index contributed by atoms with van der Waals surface area (Å²) in [7, 11) is 1.72. The number of hydrogen-bond donors (Lipinski definition) is 1. The average molecular weight is 208 g/mol. The van der Waals surface area contributed by atoms with Gasteiger partial charge in [-0.15, -0.1) is 0 Å². The van der Waals surface area contributed by atoms with Crippen molar-refractivity contribution in [3.05, 3.63) is 30.1 Å². The zero-order valence-electron chi connectivity index (χ0n) is 9.57. The Balaban J connectivity index is 2.16. The second kappa shape index (κ2) is 7.37. The Hall–Kier alpha value is -0.930. The predicted octanol–water partition coefficient (Wildman–Crippen LogP) is 1.50. The van der Waals surface area contributed by atoms with E-state index in [9.17, 15) is 0 Å². The van der Waals surface area contributed by atoms with Gasteiger partial charge in [0.1, 0.15) is 0 Å². The molecule has 0 aliphatic heterocycles. The molecule has 1 atom stereocenters. The van der Waals surface area contributed by atoms with Gasteiger partial charge in [-0.25, -0.2) is 0 Å². The summed E-state index contributed by atoms with van der Waals surface area (Å²) in [5.74, 6) is 0.631. The van der Waals surface area contributed by atoms with E-state index in [1.165, 1.54) is 5.56 Å². The minimum Gasteiger partial charge on any atom is -0.383 e. The highest BCUT2D eigenvalue weighted by Gasteiger charge is 2.02. The van der Waals surface area contributed by atoms with Crippen molar-refractivity contribution in [2.45, 2.75) is 13.3 Å². The fourth-order valence-corrected chi connectivity index (χ4v) is 1.52. The van der Waals surface area contributed by atoms with Crippen LogP contribution < -0.4 is 5.32 Å². The zero-order chi connectivity index (χ0) is 10.9. The van der Waals surface area contributed by atoms with Gasteiger partial charge in [0.15, 0.2) is 0 Å². The van der Waals surface area contributed by atoms with Crippen LogP contribution in [-0.2, 0) is 11.2 Å². The lowest BCUT2D eigenvalue weighted by atomic mass is 10.0. The van der Waals surface area contributed by atoms with Gasteiger partial charge >= 0.3 is 0 Å². The fourth-order valence-electron chi connectivity index (χ4n) is 1.52. The molecule has 1 unspecified atom stereocenters. The molecule has 15 heavy (non-hydrogen) atoms. The molecule has 0 aliphatic carbocycles. The largest absolute Gasteiger partial charge is 0.383 e. The third-order valence-electron chi connectivity index (χ3n) is 2.28. The van der Waals surface area contributed by atoms with Crippen LogP contribution in [0.4, 0.5) is 0 Å². The molecule has 1 aromatic rings. The quantitative estimate of drug-likeness (QED) is 0.689. The summed E-state index contributed by atoms with van der Waals surface area (Å²) in [4.78, 5) is 4.11. The Morgan fingerprint density at radius 1 is 1.53 bits per heavy atom. The van der Waals surface area contributed by atoms with Crippen LogP contribution in [0.25, 0.3) is 0 Å². The van der Waals surface area contributed by atoms with Crippen LogP contribution in [0.2, 0.25) is 0 Å². The van der Waals surface area contributed by atoms with Crippen molar-refractivity contribution >= 4 is 0 Å². The van der Waals surface area contributed by atoms with Crippen molar-refractivity contribution < 1.29 is 4.74 Å². The number of nitrogens with one attached hydrogen (secondary N) is 1. The van der Waals surface area contributed by atoms with Gasteiger partial charge in [0.05, 0.1) is 6.61 Å². The summed E-state index contributed by atoms with van der Waals surface area (Å²) in [6, 6.07) is 4.11.